The zero-order valence-electron chi connectivity index (χ0n) is 14.0. The van der Waals surface area contributed by atoms with Crippen molar-refractivity contribution in [3.8, 4) is 5.75 Å². The quantitative estimate of drug-likeness (QED) is 0.897. The predicted octanol–water partition coefficient (Wildman–Crippen LogP) is 1.66. The Balaban J connectivity index is 1.41. The first-order chi connectivity index (χ1) is 11.1. The lowest BCUT2D eigenvalue weighted by Gasteiger charge is -2.35. The maximum absolute atomic E-state index is 12.0. The van der Waals surface area contributed by atoms with Crippen LogP contribution in [0.5, 0.6) is 5.75 Å². The summed E-state index contributed by atoms with van der Waals surface area (Å²) < 4.78 is 11.5. The van der Waals surface area contributed by atoms with Crippen molar-refractivity contribution in [1.82, 2.24) is 10.2 Å². The fraction of sp³-hybridized carbons (Fsp3) is 0.611. The number of hydrogen-bond donors (Lipinski definition) is 1. The van der Waals surface area contributed by atoms with Crippen molar-refractivity contribution >= 4 is 5.91 Å². The first-order valence-corrected chi connectivity index (χ1v) is 8.45. The number of aryl methyl sites for hydroxylation is 2. The molecule has 1 amide bonds. The van der Waals surface area contributed by atoms with E-state index in [1.807, 2.05) is 32.0 Å². The Hall–Kier alpha value is -1.59. The number of ether oxygens (including phenoxy) is 2. The maximum atomic E-state index is 12.0. The van der Waals surface area contributed by atoms with Crippen LogP contribution in [0.25, 0.3) is 0 Å². The highest BCUT2D eigenvalue weighted by Gasteiger charge is 2.32. The maximum Gasteiger partial charge on any atom is 0.258 e. The number of amides is 1. The van der Waals surface area contributed by atoms with Crippen LogP contribution in [-0.4, -0.2) is 55.8 Å². The second-order valence-electron chi connectivity index (χ2n) is 6.56. The highest BCUT2D eigenvalue weighted by atomic mass is 16.5. The van der Waals surface area contributed by atoms with E-state index in [4.69, 9.17) is 9.47 Å². The number of carbonyl (C=O) groups excluding carboxylic acids is 1. The summed E-state index contributed by atoms with van der Waals surface area (Å²) in [6.45, 7) is 7.45. The van der Waals surface area contributed by atoms with Gasteiger partial charge in [0.05, 0.1) is 12.7 Å². The van der Waals surface area contributed by atoms with Crippen molar-refractivity contribution < 1.29 is 14.3 Å². The van der Waals surface area contributed by atoms with Crippen molar-refractivity contribution in [3.05, 3.63) is 29.3 Å². The number of rotatable bonds is 5. The summed E-state index contributed by atoms with van der Waals surface area (Å²) in [7, 11) is 0. The Morgan fingerprint density at radius 3 is 2.96 bits per heavy atom. The smallest absolute Gasteiger partial charge is 0.258 e. The molecular weight excluding hydrogens is 292 g/mol. The molecule has 2 aliphatic heterocycles. The Morgan fingerprint density at radius 1 is 1.39 bits per heavy atom. The topological polar surface area (TPSA) is 50.8 Å². The number of hydrogen-bond acceptors (Lipinski definition) is 4. The minimum Gasteiger partial charge on any atom is -0.483 e. The normalized spacial score (nSPS) is 24.3. The molecule has 23 heavy (non-hydrogen) atoms. The van der Waals surface area contributed by atoms with Gasteiger partial charge >= 0.3 is 0 Å². The van der Waals surface area contributed by atoms with Gasteiger partial charge in [0.1, 0.15) is 5.75 Å². The Kier molecular flexibility index (Phi) is 5.18. The van der Waals surface area contributed by atoms with Crippen LogP contribution in [0.2, 0.25) is 0 Å². The first kappa shape index (κ1) is 16.3. The largest absolute Gasteiger partial charge is 0.483 e. The molecule has 3 rings (SSSR count). The van der Waals surface area contributed by atoms with Crippen molar-refractivity contribution in [2.75, 3.05) is 32.8 Å². The Labute approximate surface area is 137 Å². The van der Waals surface area contributed by atoms with Gasteiger partial charge < -0.3 is 14.8 Å². The van der Waals surface area contributed by atoms with Crippen LogP contribution in [0.15, 0.2) is 18.2 Å². The molecule has 2 heterocycles. The van der Waals surface area contributed by atoms with Crippen LogP contribution >= 0.6 is 0 Å². The second kappa shape index (κ2) is 7.32. The van der Waals surface area contributed by atoms with Gasteiger partial charge in [-0.3, -0.25) is 9.69 Å². The molecule has 2 atom stereocenters. The average molecular weight is 318 g/mol. The molecule has 0 spiro atoms. The van der Waals surface area contributed by atoms with Gasteiger partial charge in [-0.05, 0) is 44.4 Å². The highest BCUT2D eigenvalue weighted by Crippen LogP contribution is 2.23. The lowest BCUT2D eigenvalue weighted by atomic mass is 10.1. The van der Waals surface area contributed by atoms with E-state index < -0.39 is 0 Å². The van der Waals surface area contributed by atoms with Crippen LogP contribution in [0.4, 0.5) is 0 Å². The minimum atomic E-state index is -0.0974. The molecule has 0 bridgehead atoms. The van der Waals surface area contributed by atoms with Crippen LogP contribution < -0.4 is 10.1 Å². The number of nitrogens with one attached hydrogen (secondary N) is 1. The molecule has 1 aromatic rings. The summed E-state index contributed by atoms with van der Waals surface area (Å²) in [6, 6.07) is 6.56. The lowest BCUT2D eigenvalue weighted by Crippen LogP contribution is -2.50. The molecule has 0 unspecified atom stereocenters. The third-order valence-corrected chi connectivity index (χ3v) is 4.74. The van der Waals surface area contributed by atoms with Gasteiger partial charge in [0.25, 0.3) is 5.91 Å². The summed E-state index contributed by atoms with van der Waals surface area (Å²) in [4.78, 5) is 14.5. The van der Waals surface area contributed by atoms with Crippen LogP contribution in [0.3, 0.4) is 0 Å². The molecule has 1 N–H and O–H groups in total. The van der Waals surface area contributed by atoms with E-state index >= 15 is 0 Å². The van der Waals surface area contributed by atoms with Crippen molar-refractivity contribution in [2.24, 2.45) is 0 Å². The first-order valence-electron chi connectivity index (χ1n) is 8.45. The monoisotopic (exact) mass is 318 g/mol. The van der Waals surface area contributed by atoms with E-state index in [1.54, 1.807) is 0 Å². The summed E-state index contributed by atoms with van der Waals surface area (Å²) in [5, 5.41) is 2.93. The fourth-order valence-electron chi connectivity index (χ4n) is 3.45. The SMILES string of the molecule is Cc1cccc(C)c1OCC(=O)NC[C@H]1CN2CCC[C@@H]2CO1. The molecule has 126 valence electrons. The van der Waals surface area contributed by atoms with Crippen molar-refractivity contribution in [1.29, 1.82) is 0 Å². The number of benzene rings is 1. The molecule has 2 aliphatic rings. The van der Waals surface area contributed by atoms with Crippen molar-refractivity contribution in [2.45, 2.75) is 38.8 Å². The molecule has 5 heteroatoms. The molecule has 0 aliphatic carbocycles. The molecular formula is C18H26N2O3. The summed E-state index contributed by atoms with van der Waals surface area (Å²) in [5.41, 5.74) is 2.10. The third kappa shape index (κ3) is 4.03. The number of nitrogens with zero attached hydrogens (tertiary/aromatic N) is 1. The molecule has 0 aromatic heterocycles. The Bertz CT molecular complexity index is 541. The van der Waals surface area contributed by atoms with Crippen LogP contribution in [0, 0.1) is 13.8 Å². The van der Waals surface area contributed by atoms with Gasteiger partial charge in [-0.15, -0.1) is 0 Å². The predicted molar refractivity (Wildman–Crippen MR) is 88.8 cm³/mol. The standard InChI is InChI=1S/C18H26N2O3/c1-13-5-3-6-14(2)18(13)23-12-17(21)19-9-16-10-20-8-4-7-15(20)11-22-16/h3,5-6,15-16H,4,7-12H2,1-2H3,(H,19,21)/t15-,16+/m1/s1. The van der Waals surface area contributed by atoms with Crippen LogP contribution in [-0.2, 0) is 9.53 Å². The van der Waals surface area contributed by atoms with Gasteiger partial charge in [-0.2, -0.15) is 0 Å². The van der Waals surface area contributed by atoms with Gasteiger partial charge in [0.2, 0.25) is 0 Å². The molecule has 2 saturated heterocycles. The van der Waals surface area contributed by atoms with Gasteiger partial charge in [0.15, 0.2) is 6.61 Å². The zero-order chi connectivity index (χ0) is 16.2. The van der Waals surface area contributed by atoms with E-state index in [0.717, 1.165) is 36.6 Å². The number of morpholine rings is 1. The Morgan fingerprint density at radius 2 is 2.17 bits per heavy atom. The van der Waals surface area contributed by atoms with Gasteiger partial charge in [-0.1, -0.05) is 18.2 Å². The number of para-hydroxylation sites is 1. The zero-order valence-corrected chi connectivity index (χ0v) is 14.0. The minimum absolute atomic E-state index is 0.0464. The molecule has 2 fully saturated rings. The van der Waals surface area contributed by atoms with E-state index in [9.17, 15) is 4.79 Å². The van der Waals surface area contributed by atoms with E-state index in [0.29, 0.717) is 12.6 Å². The van der Waals surface area contributed by atoms with E-state index in [-0.39, 0.29) is 18.6 Å². The molecule has 5 nitrogen and oxygen atoms in total. The summed E-state index contributed by atoms with van der Waals surface area (Å²) in [6.07, 6.45) is 2.59. The molecule has 1 aromatic carbocycles. The molecule has 0 radical (unpaired) electrons. The fourth-order valence-corrected chi connectivity index (χ4v) is 3.45. The average Bonchev–Trinajstić information content (AvgIpc) is 3.00. The number of fused-ring (bicyclic) bond motifs is 1. The third-order valence-electron chi connectivity index (χ3n) is 4.74. The lowest BCUT2D eigenvalue weighted by molar-refractivity contribution is -0.124. The van der Waals surface area contributed by atoms with E-state index in [1.165, 1.54) is 12.8 Å². The van der Waals surface area contributed by atoms with E-state index in [2.05, 4.69) is 10.2 Å². The van der Waals surface area contributed by atoms with Crippen molar-refractivity contribution in [3.63, 3.8) is 0 Å². The van der Waals surface area contributed by atoms with Gasteiger partial charge in [-0.25, -0.2) is 0 Å². The van der Waals surface area contributed by atoms with Crippen LogP contribution in [0.1, 0.15) is 24.0 Å². The second-order valence-corrected chi connectivity index (χ2v) is 6.56. The molecule has 0 saturated carbocycles. The highest BCUT2D eigenvalue weighted by molar-refractivity contribution is 5.77. The number of carbonyl (C=O) groups is 1. The van der Waals surface area contributed by atoms with Gasteiger partial charge in [0, 0.05) is 19.1 Å². The summed E-state index contributed by atoms with van der Waals surface area (Å²) >= 11 is 0. The summed E-state index contributed by atoms with van der Waals surface area (Å²) in [5.74, 6) is 0.705.